The van der Waals surface area contributed by atoms with Crippen LogP contribution in [-0.4, -0.2) is 5.84 Å². The number of aliphatic imine (C=N–C) groups is 1. The van der Waals surface area contributed by atoms with E-state index in [0.29, 0.717) is 0 Å². The summed E-state index contributed by atoms with van der Waals surface area (Å²) < 4.78 is 0. The Morgan fingerprint density at radius 3 is 1.75 bits per heavy atom. The fourth-order valence-electron chi connectivity index (χ4n) is 9.39. The predicted octanol–water partition coefficient (Wildman–Crippen LogP) is 11.6. The molecule has 10 rings (SSSR count). The molecule has 2 aliphatic carbocycles. The van der Waals surface area contributed by atoms with Crippen LogP contribution in [0.4, 0.5) is 5.69 Å². The number of allylic oxidation sites excluding steroid dienone is 1. The minimum absolute atomic E-state index is 0.0871. The monoisotopic (exact) mass is 666 g/mol. The van der Waals surface area contributed by atoms with Crippen LogP contribution >= 0.6 is 0 Å². The van der Waals surface area contributed by atoms with Gasteiger partial charge in [0.25, 0.3) is 0 Å². The van der Waals surface area contributed by atoms with Crippen molar-refractivity contribution in [2.24, 2.45) is 4.99 Å². The number of benzene rings is 7. The zero-order valence-electron chi connectivity index (χ0n) is 29.3. The second kappa shape index (κ2) is 11.6. The van der Waals surface area contributed by atoms with Crippen molar-refractivity contribution >= 4 is 22.7 Å². The molecule has 0 saturated heterocycles. The van der Waals surface area contributed by atoms with Crippen molar-refractivity contribution in [1.29, 1.82) is 0 Å². The van der Waals surface area contributed by atoms with Crippen LogP contribution in [-0.2, 0) is 10.8 Å². The van der Waals surface area contributed by atoms with E-state index in [4.69, 9.17) is 4.99 Å². The van der Waals surface area contributed by atoms with Gasteiger partial charge in [-0.05, 0) is 73.4 Å². The normalized spacial score (nSPS) is 17.3. The number of amidine groups is 1. The number of hydrogen-bond donors (Lipinski definition) is 1. The molecule has 7 aromatic carbocycles. The van der Waals surface area contributed by atoms with Gasteiger partial charge in [-0.3, -0.25) is 4.99 Å². The summed E-state index contributed by atoms with van der Waals surface area (Å²) in [5, 5.41) is 3.73. The van der Waals surface area contributed by atoms with Gasteiger partial charge in [0.05, 0.1) is 5.41 Å². The summed E-state index contributed by atoms with van der Waals surface area (Å²) in [5.74, 6) is 0.896. The third-order valence-electron chi connectivity index (χ3n) is 11.6. The van der Waals surface area contributed by atoms with Gasteiger partial charge in [-0.2, -0.15) is 0 Å². The molecule has 0 saturated carbocycles. The van der Waals surface area contributed by atoms with E-state index < -0.39 is 5.41 Å². The lowest BCUT2D eigenvalue weighted by Crippen LogP contribution is -2.33. The molecule has 2 nitrogen and oxygen atoms in total. The molecular weight excluding hydrogens is 629 g/mol. The van der Waals surface area contributed by atoms with Crippen LogP contribution in [0.1, 0.15) is 81.1 Å². The predicted molar refractivity (Wildman–Crippen MR) is 215 cm³/mol. The Morgan fingerprint density at radius 1 is 0.500 bits per heavy atom. The number of fused-ring (bicyclic) bond motifs is 7. The number of anilines is 1. The molecule has 1 heterocycles. The Bertz CT molecular complexity index is 2520. The first-order valence-corrected chi connectivity index (χ1v) is 18.3. The van der Waals surface area contributed by atoms with Crippen molar-refractivity contribution in [2.45, 2.75) is 30.7 Å². The van der Waals surface area contributed by atoms with E-state index in [-0.39, 0.29) is 11.5 Å². The molecule has 0 bridgehead atoms. The van der Waals surface area contributed by atoms with E-state index in [9.17, 15) is 0 Å². The second-order valence-corrected chi connectivity index (χ2v) is 14.7. The lowest BCUT2D eigenvalue weighted by molar-refractivity contribution is 0.695. The van der Waals surface area contributed by atoms with Crippen LogP contribution in [0, 0.1) is 0 Å². The van der Waals surface area contributed by atoms with E-state index in [1.54, 1.807) is 0 Å². The van der Waals surface area contributed by atoms with Gasteiger partial charge >= 0.3 is 0 Å². The van der Waals surface area contributed by atoms with Gasteiger partial charge in [0.1, 0.15) is 11.9 Å². The van der Waals surface area contributed by atoms with Gasteiger partial charge < -0.3 is 5.32 Å². The average Bonchev–Trinajstić information content (AvgIpc) is 3.36. The van der Waals surface area contributed by atoms with Crippen molar-refractivity contribution in [1.82, 2.24) is 0 Å². The van der Waals surface area contributed by atoms with Crippen LogP contribution in [0.3, 0.4) is 0 Å². The first-order valence-electron chi connectivity index (χ1n) is 18.3. The number of para-hydroxylation sites is 1. The molecule has 52 heavy (non-hydrogen) atoms. The molecular formula is C50H38N2. The van der Waals surface area contributed by atoms with Crippen molar-refractivity contribution < 1.29 is 0 Å². The molecule has 248 valence electrons. The van der Waals surface area contributed by atoms with Crippen molar-refractivity contribution in [2.75, 3.05) is 5.32 Å². The molecule has 3 aliphatic rings. The van der Waals surface area contributed by atoms with Gasteiger partial charge in [-0.15, -0.1) is 0 Å². The zero-order valence-corrected chi connectivity index (χ0v) is 29.3. The Kier molecular flexibility index (Phi) is 6.85. The van der Waals surface area contributed by atoms with Gasteiger partial charge in [0.15, 0.2) is 0 Å². The number of hydrogen-bond acceptors (Lipinski definition) is 2. The number of rotatable bonds is 4. The largest absolute Gasteiger partial charge is 0.340 e. The first kappa shape index (κ1) is 30.6. The highest BCUT2D eigenvalue weighted by molar-refractivity contribution is 6.14. The Morgan fingerprint density at radius 2 is 1.06 bits per heavy atom. The summed E-state index contributed by atoms with van der Waals surface area (Å²) >= 11 is 0. The third-order valence-corrected chi connectivity index (χ3v) is 11.6. The highest BCUT2D eigenvalue weighted by atomic mass is 15.0. The maximum Gasteiger partial charge on any atom is 0.133 e. The molecule has 7 aromatic rings. The third kappa shape index (κ3) is 4.34. The molecule has 1 aliphatic heterocycles. The summed E-state index contributed by atoms with van der Waals surface area (Å²) in [5.41, 5.74) is 16.8. The minimum atomic E-state index is -0.532. The molecule has 0 aromatic heterocycles. The summed E-state index contributed by atoms with van der Waals surface area (Å²) in [7, 11) is 0. The van der Waals surface area contributed by atoms with E-state index in [1.165, 1.54) is 66.8 Å². The van der Waals surface area contributed by atoms with Crippen LogP contribution in [0.2, 0.25) is 0 Å². The highest BCUT2D eigenvalue weighted by Gasteiger charge is 2.49. The van der Waals surface area contributed by atoms with Gasteiger partial charge in [0.2, 0.25) is 0 Å². The average molecular weight is 667 g/mol. The highest BCUT2D eigenvalue weighted by Crippen LogP contribution is 2.60. The molecule has 1 N–H and O–H groups in total. The molecule has 1 atom stereocenters. The summed E-state index contributed by atoms with van der Waals surface area (Å²) in [6, 6.07) is 66.7. The Balaban J connectivity index is 1.25. The summed E-state index contributed by atoms with van der Waals surface area (Å²) in [4.78, 5) is 5.42. The quantitative estimate of drug-likeness (QED) is 0.199. The topological polar surface area (TPSA) is 24.4 Å². The second-order valence-electron chi connectivity index (χ2n) is 14.7. The van der Waals surface area contributed by atoms with Gasteiger partial charge in [-0.1, -0.05) is 184 Å². The zero-order chi connectivity index (χ0) is 34.9. The van der Waals surface area contributed by atoms with Crippen LogP contribution in [0.25, 0.3) is 11.1 Å². The lowest BCUT2D eigenvalue weighted by atomic mass is 9.62. The SMILES string of the molecule is CC1(C)C2=C(c3cc(C4=NC(c5ccccc5)c5ccccc5N4)ccc31)c1ccccc1C(c1ccccc1)(c1ccccc1)c1ccccc12. The Hall–Kier alpha value is -6.25. The van der Waals surface area contributed by atoms with Crippen molar-refractivity contribution in [3.05, 3.63) is 243 Å². The summed E-state index contributed by atoms with van der Waals surface area (Å²) in [6.07, 6.45) is 0. The van der Waals surface area contributed by atoms with E-state index in [2.05, 4.69) is 201 Å². The van der Waals surface area contributed by atoms with Crippen LogP contribution in [0.15, 0.2) is 187 Å². The summed E-state index contributed by atoms with van der Waals surface area (Å²) in [6.45, 7) is 4.81. The van der Waals surface area contributed by atoms with Crippen molar-refractivity contribution in [3.8, 4) is 0 Å². The fraction of sp³-hybridized carbons (Fsp3) is 0.100. The first-order chi connectivity index (χ1) is 25.6. The molecule has 0 radical (unpaired) electrons. The van der Waals surface area contributed by atoms with E-state index in [0.717, 1.165) is 17.1 Å². The fourth-order valence-corrected chi connectivity index (χ4v) is 9.39. The molecule has 0 fully saturated rings. The Labute approximate surface area is 305 Å². The molecule has 0 spiro atoms. The van der Waals surface area contributed by atoms with Crippen molar-refractivity contribution in [3.63, 3.8) is 0 Å². The standard InChI is InChI=1S/C50H38N2/c1-49(2)41-31-30-34(48-51-44-29-17-14-26-39(44)47(52-48)33-18-6-3-7-19-33)32-40(41)45-37-24-12-15-27-42(37)50(35-20-8-4-9-21-35,36-22-10-5-11-23-36)43-28-16-13-25-38(43)46(45)49/h3-32,47H,1-2H3,(H,51,52). The van der Waals surface area contributed by atoms with Gasteiger partial charge in [0, 0.05) is 22.2 Å². The molecule has 0 amide bonds. The molecule has 2 heteroatoms. The van der Waals surface area contributed by atoms with E-state index in [1.807, 2.05) is 0 Å². The molecule has 1 unspecified atom stereocenters. The maximum absolute atomic E-state index is 5.42. The smallest absolute Gasteiger partial charge is 0.133 e. The van der Waals surface area contributed by atoms with Crippen LogP contribution < -0.4 is 5.32 Å². The minimum Gasteiger partial charge on any atom is -0.340 e. The van der Waals surface area contributed by atoms with Gasteiger partial charge in [-0.25, -0.2) is 0 Å². The number of nitrogens with zero attached hydrogens (tertiary/aromatic N) is 1. The number of nitrogens with one attached hydrogen (secondary N) is 1. The lowest BCUT2D eigenvalue weighted by Gasteiger charge is -2.39. The maximum atomic E-state index is 5.42. The van der Waals surface area contributed by atoms with E-state index >= 15 is 0 Å². The van der Waals surface area contributed by atoms with Crippen LogP contribution in [0.5, 0.6) is 0 Å².